The molecule has 4 N–H and O–H groups in total. The summed E-state index contributed by atoms with van der Waals surface area (Å²) in [5, 5.41) is 8.80. The Hall–Kier alpha value is -3.32. The Labute approximate surface area is 258 Å². The number of benzene rings is 1. The highest BCUT2D eigenvalue weighted by molar-refractivity contribution is 7.03. The maximum Gasteiger partial charge on any atom is 0.271 e. The number of rotatable bonds is 9. The number of hydrogen-bond acceptors (Lipinski definition) is 11. The molecule has 0 bridgehead atoms. The zero-order valence-corrected chi connectivity index (χ0v) is 26.0. The van der Waals surface area contributed by atoms with E-state index >= 15 is 0 Å². The van der Waals surface area contributed by atoms with Gasteiger partial charge in [-0.05, 0) is 80.5 Å². The van der Waals surface area contributed by atoms with Crippen LogP contribution in [-0.2, 0) is 11.2 Å². The number of carbonyl (C=O) groups excluding carboxylic acids is 1. The van der Waals surface area contributed by atoms with Gasteiger partial charge in [0.2, 0.25) is 0 Å². The third-order valence-corrected chi connectivity index (χ3v) is 9.51. The van der Waals surface area contributed by atoms with Crippen LogP contribution in [0.4, 0.5) is 23.0 Å². The Balaban J connectivity index is 1.22. The number of amides is 1. The quantitative estimate of drug-likeness (QED) is 0.332. The normalized spacial score (nSPS) is 19.4. The summed E-state index contributed by atoms with van der Waals surface area (Å²) in [6.45, 7) is 10.4. The minimum absolute atomic E-state index is 0.0913. The van der Waals surface area contributed by atoms with E-state index in [-0.39, 0.29) is 11.7 Å². The van der Waals surface area contributed by atoms with Crippen LogP contribution in [0.5, 0.6) is 0 Å². The number of aromatic nitrogens is 3. The summed E-state index contributed by atoms with van der Waals surface area (Å²) >= 11 is 1.33. The van der Waals surface area contributed by atoms with Gasteiger partial charge < -0.3 is 30.9 Å². The molecule has 3 saturated heterocycles. The van der Waals surface area contributed by atoms with E-state index in [2.05, 4.69) is 61.9 Å². The first kappa shape index (κ1) is 29.7. The number of nitrogens with two attached hydrogens (primary N) is 1. The minimum atomic E-state index is -0.639. The van der Waals surface area contributed by atoms with Gasteiger partial charge in [-0.15, -0.1) is 0 Å². The number of nitrogens with zero attached hydrogens (tertiary/aromatic N) is 6. The number of ether oxygens (including phenoxy) is 1. The zero-order chi connectivity index (χ0) is 29.8. The van der Waals surface area contributed by atoms with Gasteiger partial charge in [0.1, 0.15) is 11.4 Å². The van der Waals surface area contributed by atoms with E-state index in [0.717, 1.165) is 51.1 Å². The van der Waals surface area contributed by atoms with Gasteiger partial charge in [-0.25, -0.2) is 9.97 Å². The number of piperazine rings is 1. The molecule has 0 atom stereocenters. The minimum Gasteiger partial charge on any atom is -0.381 e. The second-order valence-corrected chi connectivity index (χ2v) is 12.4. The summed E-state index contributed by atoms with van der Waals surface area (Å²) in [5.41, 5.74) is 10.5. The number of piperidine rings is 1. The van der Waals surface area contributed by atoms with Crippen molar-refractivity contribution in [3.63, 3.8) is 0 Å². The molecule has 3 aliphatic heterocycles. The highest BCUT2D eigenvalue weighted by Crippen LogP contribution is 2.33. The maximum atomic E-state index is 12.6. The van der Waals surface area contributed by atoms with Crippen LogP contribution in [0, 0.1) is 0 Å². The highest BCUT2D eigenvalue weighted by atomic mass is 32.1. The second kappa shape index (κ2) is 13.5. The summed E-state index contributed by atoms with van der Waals surface area (Å²) in [6.07, 6.45) is 5.02. The molecule has 6 rings (SSSR count). The third kappa shape index (κ3) is 6.93. The largest absolute Gasteiger partial charge is 0.381 e. The molecule has 0 spiro atoms. The molecule has 1 amide bonds. The van der Waals surface area contributed by atoms with Crippen molar-refractivity contribution in [3.05, 3.63) is 40.9 Å². The first-order chi connectivity index (χ1) is 21.0. The fraction of sp³-hybridized carbons (Fsp3) is 0.548. The van der Waals surface area contributed by atoms with Crippen molar-refractivity contribution in [2.24, 2.45) is 5.73 Å². The van der Waals surface area contributed by atoms with Crippen molar-refractivity contribution in [3.8, 4) is 11.4 Å². The lowest BCUT2D eigenvalue weighted by atomic mass is 10.00. The molecule has 3 fully saturated rings. The number of likely N-dealkylation sites (N-methyl/N-ethyl adjacent to an activating group) is 1. The van der Waals surface area contributed by atoms with Gasteiger partial charge in [-0.1, -0.05) is 6.92 Å². The molecular weight excluding hydrogens is 562 g/mol. The Morgan fingerprint density at radius 2 is 1.79 bits per heavy atom. The van der Waals surface area contributed by atoms with E-state index < -0.39 is 5.91 Å². The van der Waals surface area contributed by atoms with Crippen molar-refractivity contribution in [1.29, 1.82) is 0 Å². The van der Waals surface area contributed by atoms with E-state index in [1.165, 1.54) is 48.7 Å². The molecule has 230 valence electrons. The lowest BCUT2D eigenvalue weighted by Gasteiger charge is -2.43. The summed E-state index contributed by atoms with van der Waals surface area (Å²) < 4.78 is 10.00. The molecule has 0 saturated carbocycles. The summed E-state index contributed by atoms with van der Waals surface area (Å²) in [5.74, 6) is 0.282. The fourth-order valence-electron chi connectivity index (χ4n) is 6.39. The predicted molar refractivity (Wildman–Crippen MR) is 173 cm³/mol. The van der Waals surface area contributed by atoms with Crippen molar-refractivity contribution in [2.45, 2.75) is 51.1 Å². The highest BCUT2D eigenvalue weighted by Gasteiger charge is 2.28. The van der Waals surface area contributed by atoms with E-state index in [4.69, 9.17) is 20.4 Å². The molecule has 5 heterocycles. The molecule has 43 heavy (non-hydrogen) atoms. The van der Waals surface area contributed by atoms with Gasteiger partial charge in [-0.3, -0.25) is 9.69 Å². The Morgan fingerprint density at radius 3 is 2.47 bits per heavy atom. The number of primary amides is 1. The molecule has 0 unspecified atom stereocenters. The van der Waals surface area contributed by atoms with Crippen LogP contribution < -0.4 is 21.3 Å². The van der Waals surface area contributed by atoms with E-state index in [1.54, 1.807) is 0 Å². The topological polar surface area (TPSA) is 125 Å². The number of nitrogens with one attached hydrogen (secondary N) is 2. The molecule has 12 heteroatoms. The Bertz CT molecular complexity index is 1380. The molecule has 3 aliphatic rings. The number of carbonyl (C=O) groups is 1. The first-order valence-corrected chi connectivity index (χ1v) is 16.4. The van der Waals surface area contributed by atoms with E-state index in [9.17, 15) is 4.79 Å². The lowest BCUT2D eigenvalue weighted by Crippen LogP contribution is -2.52. The van der Waals surface area contributed by atoms with Crippen LogP contribution in [0.15, 0.2) is 29.6 Å². The first-order valence-electron chi connectivity index (χ1n) is 15.5. The SMILES string of the molecule is CCc1cc(Nc2nc(NC3CCOCC3)c(-c3ccsn3)nc2C(N)=O)ccc1N1CCC(N2CCN(C)CC2)CC1. The summed E-state index contributed by atoms with van der Waals surface area (Å²) in [6, 6.07) is 9.17. The number of hydrogen-bond donors (Lipinski definition) is 3. The van der Waals surface area contributed by atoms with Gasteiger partial charge in [0, 0.05) is 81.3 Å². The second-order valence-electron chi connectivity index (χ2n) is 11.8. The molecule has 0 aliphatic carbocycles. The van der Waals surface area contributed by atoms with Gasteiger partial charge >= 0.3 is 0 Å². The van der Waals surface area contributed by atoms with Gasteiger partial charge in [0.05, 0.1) is 0 Å². The fourth-order valence-corrected chi connectivity index (χ4v) is 6.91. The van der Waals surface area contributed by atoms with E-state index in [0.29, 0.717) is 42.3 Å². The van der Waals surface area contributed by atoms with Crippen molar-refractivity contribution < 1.29 is 9.53 Å². The summed E-state index contributed by atoms with van der Waals surface area (Å²) in [4.78, 5) is 29.8. The monoisotopic (exact) mass is 605 g/mol. The van der Waals surface area contributed by atoms with Crippen LogP contribution >= 0.6 is 11.5 Å². The standard InChI is InChI=1S/C31H43N9O2S/c1-3-21-20-23(4-5-26(21)40-11-6-24(7-12-40)39-15-13-38(2)14-16-39)34-31-28(29(32)41)35-27(25-10-19-43-37-25)30(36-31)33-22-8-17-42-18-9-22/h4-5,10,19-20,22,24H,3,6-9,11-18H2,1-2H3,(H2,32,41)(H2,33,34,36). The predicted octanol–water partition coefficient (Wildman–Crippen LogP) is 3.81. The number of anilines is 4. The Morgan fingerprint density at radius 1 is 1.02 bits per heavy atom. The van der Waals surface area contributed by atoms with Crippen molar-refractivity contribution >= 4 is 40.5 Å². The van der Waals surface area contributed by atoms with Gasteiger partial charge in [0.15, 0.2) is 17.3 Å². The van der Waals surface area contributed by atoms with Crippen LogP contribution in [0.25, 0.3) is 11.4 Å². The van der Waals surface area contributed by atoms with Crippen molar-refractivity contribution in [1.82, 2.24) is 24.1 Å². The molecular formula is C31H43N9O2S. The molecule has 2 aromatic heterocycles. The van der Waals surface area contributed by atoms with Crippen LogP contribution in [0.2, 0.25) is 0 Å². The van der Waals surface area contributed by atoms with Crippen molar-refractivity contribution in [2.75, 3.05) is 75.1 Å². The maximum absolute atomic E-state index is 12.6. The third-order valence-electron chi connectivity index (χ3n) is 8.95. The Kier molecular flexibility index (Phi) is 9.37. The number of aryl methyl sites for hydroxylation is 1. The molecule has 3 aromatic rings. The van der Waals surface area contributed by atoms with Crippen LogP contribution in [-0.4, -0.2) is 102 Å². The van der Waals surface area contributed by atoms with E-state index in [1.807, 2.05) is 11.4 Å². The molecule has 1 aromatic carbocycles. The summed E-state index contributed by atoms with van der Waals surface area (Å²) in [7, 11) is 2.22. The van der Waals surface area contributed by atoms with Crippen LogP contribution in [0.1, 0.15) is 48.7 Å². The molecule has 0 radical (unpaired) electrons. The molecule has 11 nitrogen and oxygen atoms in total. The van der Waals surface area contributed by atoms with Gasteiger partial charge in [-0.2, -0.15) is 4.37 Å². The average Bonchev–Trinajstić information content (AvgIpc) is 3.57. The average molecular weight is 606 g/mol. The van der Waals surface area contributed by atoms with Crippen LogP contribution in [0.3, 0.4) is 0 Å². The smallest absolute Gasteiger partial charge is 0.271 e. The zero-order valence-electron chi connectivity index (χ0n) is 25.2. The lowest BCUT2D eigenvalue weighted by molar-refractivity contribution is 0.0904. The van der Waals surface area contributed by atoms with Gasteiger partial charge in [0.25, 0.3) is 5.91 Å².